The van der Waals surface area contributed by atoms with E-state index < -0.39 is 0 Å². The van der Waals surface area contributed by atoms with Crippen LogP contribution < -0.4 is 4.90 Å². The van der Waals surface area contributed by atoms with Crippen molar-refractivity contribution >= 4 is 22.9 Å². The molecule has 0 unspecified atom stereocenters. The number of aryl methyl sites for hydroxylation is 1. The molecule has 0 radical (unpaired) electrons. The van der Waals surface area contributed by atoms with E-state index in [0.29, 0.717) is 6.42 Å². The molecule has 0 atom stereocenters. The minimum Gasteiger partial charge on any atom is -0.508 e. The number of phenols is 1. The summed E-state index contributed by atoms with van der Waals surface area (Å²) < 4.78 is 0. The van der Waals surface area contributed by atoms with Crippen LogP contribution in [0.3, 0.4) is 0 Å². The molecule has 1 amide bonds. The SMILES string of the molecule is CN(C(=O)CCCc1cccs1)c1cccc(O)c1. The van der Waals surface area contributed by atoms with Crippen molar-refractivity contribution in [2.45, 2.75) is 19.3 Å². The predicted octanol–water partition coefficient (Wildman–Crippen LogP) is 3.44. The molecule has 4 heteroatoms. The summed E-state index contributed by atoms with van der Waals surface area (Å²) in [6.45, 7) is 0. The Kier molecular flexibility index (Phi) is 4.58. The zero-order valence-electron chi connectivity index (χ0n) is 10.9. The van der Waals surface area contributed by atoms with Crippen molar-refractivity contribution in [3.63, 3.8) is 0 Å². The fraction of sp³-hybridized carbons (Fsp3) is 0.267. The molecule has 0 bridgehead atoms. The number of anilines is 1. The normalized spacial score (nSPS) is 10.4. The van der Waals surface area contributed by atoms with Crippen LogP contribution in [-0.4, -0.2) is 18.1 Å². The molecule has 19 heavy (non-hydrogen) atoms. The molecule has 1 heterocycles. The number of carbonyl (C=O) groups is 1. The number of rotatable bonds is 5. The van der Waals surface area contributed by atoms with Gasteiger partial charge >= 0.3 is 0 Å². The Morgan fingerprint density at radius 1 is 1.32 bits per heavy atom. The van der Waals surface area contributed by atoms with Gasteiger partial charge in [-0.2, -0.15) is 0 Å². The summed E-state index contributed by atoms with van der Waals surface area (Å²) in [7, 11) is 1.74. The summed E-state index contributed by atoms with van der Waals surface area (Å²) in [5, 5.41) is 11.5. The number of thiophene rings is 1. The standard InChI is InChI=1S/C15H17NO2S/c1-16(12-5-2-6-13(17)11-12)15(18)9-3-7-14-8-4-10-19-14/h2,4-6,8,10-11,17H,3,7,9H2,1H3. The molecule has 1 aromatic heterocycles. The Labute approximate surface area is 117 Å². The van der Waals surface area contributed by atoms with Crippen LogP contribution in [0.5, 0.6) is 5.75 Å². The van der Waals surface area contributed by atoms with Crippen LogP contribution in [0.15, 0.2) is 41.8 Å². The van der Waals surface area contributed by atoms with E-state index in [4.69, 9.17) is 0 Å². The van der Waals surface area contributed by atoms with Gasteiger partial charge in [-0.05, 0) is 36.4 Å². The molecule has 3 nitrogen and oxygen atoms in total. The third-order valence-electron chi connectivity index (χ3n) is 2.99. The second-order valence-corrected chi connectivity index (χ2v) is 5.44. The predicted molar refractivity (Wildman–Crippen MR) is 78.8 cm³/mol. The molecule has 100 valence electrons. The van der Waals surface area contributed by atoms with Crippen molar-refractivity contribution in [2.24, 2.45) is 0 Å². The van der Waals surface area contributed by atoms with Gasteiger partial charge in [0.2, 0.25) is 5.91 Å². The maximum absolute atomic E-state index is 12.0. The Morgan fingerprint density at radius 2 is 2.16 bits per heavy atom. The van der Waals surface area contributed by atoms with E-state index in [1.165, 1.54) is 4.88 Å². The lowest BCUT2D eigenvalue weighted by atomic mass is 10.2. The van der Waals surface area contributed by atoms with Gasteiger partial charge in [-0.3, -0.25) is 4.79 Å². The van der Waals surface area contributed by atoms with Crippen LogP contribution in [0, 0.1) is 0 Å². The molecule has 1 N–H and O–H groups in total. The Balaban J connectivity index is 1.85. The number of carbonyl (C=O) groups excluding carboxylic acids is 1. The topological polar surface area (TPSA) is 40.5 Å². The average Bonchev–Trinajstić information content (AvgIpc) is 2.91. The van der Waals surface area contributed by atoms with E-state index in [1.54, 1.807) is 41.5 Å². The molecule has 0 saturated heterocycles. The van der Waals surface area contributed by atoms with Gasteiger partial charge in [0.05, 0.1) is 0 Å². The first-order valence-corrected chi connectivity index (χ1v) is 7.13. The van der Waals surface area contributed by atoms with E-state index in [0.717, 1.165) is 18.5 Å². The van der Waals surface area contributed by atoms with E-state index in [1.807, 2.05) is 12.1 Å². The van der Waals surface area contributed by atoms with Gasteiger partial charge in [-0.1, -0.05) is 12.1 Å². The lowest BCUT2D eigenvalue weighted by Gasteiger charge is -2.17. The van der Waals surface area contributed by atoms with E-state index in [2.05, 4.69) is 11.4 Å². The maximum atomic E-state index is 12.0. The lowest BCUT2D eigenvalue weighted by molar-refractivity contribution is -0.118. The highest BCUT2D eigenvalue weighted by Crippen LogP contribution is 2.20. The Hall–Kier alpha value is -1.81. The fourth-order valence-electron chi connectivity index (χ4n) is 1.88. The summed E-state index contributed by atoms with van der Waals surface area (Å²) in [4.78, 5) is 14.9. The second kappa shape index (κ2) is 6.38. The van der Waals surface area contributed by atoms with Gasteiger partial charge in [0.15, 0.2) is 0 Å². The second-order valence-electron chi connectivity index (χ2n) is 4.41. The van der Waals surface area contributed by atoms with Crippen LogP contribution in [-0.2, 0) is 11.2 Å². The number of benzene rings is 1. The van der Waals surface area contributed by atoms with Crippen molar-refractivity contribution in [1.29, 1.82) is 0 Å². The van der Waals surface area contributed by atoms with Crippen LogP contribution in [0.2, 0.25) is 0 Å². The molecule has 1 aromatic carbocycles. The van der Waals surface area contributed by atoms with Crippen LogP contribution in [0.25, 0.3) is 0 Å². The largest absolute Gasteiger partial charge is 0.508 e. The van der Waals surface area contributed by atoms with Gasteiger partial charge < -0.3 is 10.0 Å². The lowest BCUT2D eigenvalue weighted by Crippen LogP contribution is -2.25. The van der Waals surface area contributed by atoms with E-state index >= 15 is 0 Å². The summed E-state index contributed by atoms with van der Waals surface area (Å²) in [6, 6.07) is 10.9. The summed E-state index contributed by atoms with van der Waals surface area (Å²) in [5.41, 5.74) is 0.723. The molecule has 0 saturated carbocycles. The zero-order chi connectivity index (χ0) is 13.7. The van der Waals surface area contributed by atoms with Crippen LogP contribution in [0.1, 0.15) is 17.7 Å². The summed E-state index contributed by atoms with van der Waals surface area (Å²) in [6.07, 6.45) is 2.31. The number of aromatic hydroxyl groups is 1. The fourth-order valence-corrected chi connectivity index (χ4v) is 2.63. The molecular weight excluding hydrogens is 258 g/mol. The zero-order valence-corrected chi connectivity index (χ0v) is 11.7. The third-order valence-corrected chi connectivity index (χ3v) is 3.92. The van der Waals surface area contributed by atoms with Crippen molar-refractivity contribution in [1.82, 2.24) is 0 Å². The van der Waals surface area contributed by atoms with Gasteiger partial charge in [0.1, 0.15) is 5.75 Å². The quantitative estimate of drug-likeness (QED) is 0.908. The molecule has 0 fully saturated rings. The van der Waals surface area contributed by atoms with Gasteiger partial charge in [0.25, 0.3) is 0 Å². The highest BCUT2D eigenvalue weighted by Gasteiger charge is 2.11. The number of hydrogen-bond acceptors (Lipinski definition) is 3. The summed E-state index contributed by atoms with van der Waals surface area (Å²) in [5.74, 6) is 0.248. The van der Waals surface area contributed by atoms with E-state index in [9.17, 15) is 9.90 Å². The molecular formula is C15H17NO2S. The smallest absolute Gasteiger partial charge is 0.226 e. The van der Waals surface area contributed by atoms with Gasteiger partial charge in [-0.25, -0.2) is 0 Å². The minimum atomic E-state index is 0.0714. The first kappa shape index (κ1) is 13.6. The first-order chi connectivity index (χ1) is 9.16. The van der Waals surface area contributed by atoms with Crippen molar-refractivity contribution in [3.8, 4) is 5.75 Å². The number of nitrogens with zero attached hydrogens (tertiary/aromatic N) is 1. The van der Waals surface area contributed by atoms with E-state index in [-0.39, 0.29) is 11.7 Å². The Bertz CT molecular complexity index is 537. The van der Waals surface area contributed by atoms with Crippen molar-refractivity contribution < 1.29 is 9.90 Å². The number of amides is 1. The monoisotopic (exact) mass is 275 g/mol. The van der Waals surface area contributed by atoms with Crippen molar-refractivity contribution in [3.05, 3.63) is 46.7 Å². The highest BCUT2D eigenvalue weighted by molar-refractivity contribution is 7.09. The van der Waals surface area contributed by atoms with Gasteiger partial charge in [-0.15, -0.1) is 11.3 Å². The highest BCUT2D eigenvalue weighted by atomic mass is 32.1. The molecule has 0 spiro atoms. The number of phenolic OH excluding ortho intramolecular Hbond substituents is 1. The summed E-state index contributed by atoms with van der Waals surface area (Å²) >= 11 is 1.72. The third kappa shape index (κ3) is 3.83. The first-order valence-electron chi connectivity index (χ1n) is 6.25. The molecule has 0 aliphatic carbocycles. The van der Waals surface area contributed by atoms with Crippen molar-refractivity contribution in [2.75, 3.05) is 11.9 Å². The van der Waals surface area contributed by atoms with Crippen LogP contribution >= 0.6 is 11.3 Å². The Morgan fingerprint density at radius 3 is 2.84 bits per heavy atom. The minimum absolute atomic E-state index is 0.0714. The van der Waals surface area contributed by atoms with Crippen LogP contribution in [0.4, 0.5) is 5.69 Å². The number of hydrogen-bond donors (Lipinski definition) is 1. The molecule has 2 rings (SSSR count). The van der Waals surface area contributed by atoms with Gasteiger partial charge in [0, 0.05) is 30.1 Å². The average molecular weight is 275 g/mol. The molecule has 0 aliphatic heterocycles. The molecule has 2 aromatic rings. The maximum Gasteiger partial charge on any atom is 0.226 e. The molecule has 0 aliphatic rings.